The van der Waals surface area contributed by atoms with Gasteiger partial charge in [0.2, 0.25) is 21.8 Å². The summed E-state index contributed by atoms with van der Waals surface area (Å²) in [7, 11) is -3.74. The van der Waals surface area contributed by atoms with Crippen molar-refractivity contribution in [1.29, 1.82) is 0 Å². The van der Waals surface area contributed by atoms with Crippen molar-refractivity contribution in [3.8, 4) is 11.5 Å². The number of amides is 2. The van der Waals surface area contributed by atoms with E-state index in [-0.39, 0.29) is 17.7 Å². The Balaban J connectivity index is 1.82. The Kier molecular flexibility index (Phi) is 5.69. The fourth-order valence-electron chi connectivity index (χ4n) is 3.62. The minimum Gasteiger partial charge on any atom is -0.486 e. The lowest BCUT2D eigenvalue weighted by molar-refractivity contribution is -0.135. The maximum absolute atomic E-state index is 13.0. The van der Waals surface area contributed by atoms with Gasteiger partial charge in [0.25, 0.3) is 0 Å². The van der Waals surface area contributed by atoms with E-state index in [2.05, 4.69) is 0 Å². The molecule has 3 rings (SSSR count). The molecule has 1 aromatic carbocycles. The summed E-state index contributed by atoms with van der Waals surface area (Å²) in [6.07, 6.45) is 2.03. The number of nitrogens with zero attached hydrogens (tertiary/aromatic N) is 2. The average Bonchev–Trinajstić information content (AvgIpc) is 2.66. The van der Waals surface area contributed by atoms with E-state index in [1.54, 1.807) is 30.0 Å². The van der Waals surface area contributed by atoms with E-state index in [4.69, 9.17) is 15.2 Å². The van der Waals surface area contributed by atoms with Crippen LogP contribution < -0.4 is 19.5 Å². The van der Waals surface area contributed by atoms with Crippen LogP contribution in [0.25, 0.3) is 0 Å². The van der Waals surface area contributed by atoms with Gasteiger partial charge >= 0.3 is 0 Å². The summed E-state index contributed by atoms with van der Waals surface area (Å²) in [4.78, 5) is 25.9. The highest BCUT2D eigenvalue weighted by molar-refractivity contribution is 7.92. The van der Waals surface area contributed by atoms with Gasteiger partial charge in [0, 0.05) is 25.1 Å². The summed E-state index contributed by atoms with van der Waals surface area (Å²) in [6.45, 7) is 3.10. The van der Waals surface area contributed by atoms with Crippen LogP contribution in [-0.4, -0.2) is 63.7 Å². The van der Waals surface area contributed by atoms with Crippen LogP contribution in [0.2, 0.25) is 0 Å². The Morgan fingerprint density at radius 3 is 2.36 bits per heavy atom. The molecule has 1 aromatic rings. The van der Waals surface area contributed by atoms with Crippen LogP contribution in [0.5, 0.6) is 11.5 Å². The predicted octanol–water partition coefficient (Wildman–Crippen LogP) is 0.336. The van der Waals surface area contributed by atoms with Crippen LogP contribution >= 0.6 is 0 Å². The number of nitrogens with two attached hydrogens (primary N) is 1. The Hall–Kier alpha value is -2.49. The summed E-state index contributed by atoms with van der Waals surface area (Å²) >= 11 is 0. The first-order valence-corrected chi connectivity index (χ1v) is 11.0. The van der Waals surface area contributed by atoms with Crippen LogP contribution in [0.4, 0.5) is 5.69 Å². The van der Waals surface area contributed by atoms with E-state index in [0.717, 1.165) is 10.6 Å². The van der Waals surface area contributed by atoms with Crippen molar-refractivity contribution in [3.63, 3.8) is 0 Å². The average molecular weight is 411 g/mol. The van der Waals surface area contributed by atoms with Gasteiger partial charge in [-0.2, -0.15) is 0 Å². The van der Waals surface area contributed by atoms with Gasteiger partial charge in [-0.15, -0.1) is 0 Å². The van der Waals surface area contributed by atoms with Gasteiger partial charge in [-0.3, -0.25) is 13.9 Å². The largest absolute Gasteiger partial charge is 0.486 e. The quantitative estimate of drug-likeness (QED) is 0.746. The van der Waals surface area contributed by atoms with E-state index in [9.17, 15) is 18.0 Å². The minimum absolute atomic E-state index is 0.247. The van der Waals surface area contributed by atoms with E-state index < -0.39 is 16.1 Å². The van der Waals surface area contributed by atoms with Gasteiger partial charge in [0.1, 0.15) is 19.3 Å². The second-order valence-electron chi connectivity index (χ2n) is 7.06. The fourth-order valence-corrected chi connectivity index (χ4v) is 4.78. The van der Waals surface area contributed by atoms with Crippen LogP contribution in [-0.2, 0) is 19.6 Å². The summed E-state index contributed by atoms with van der Waals surface area (Å²) in [6, 6.07) is 3.86. The van der Waals surface area contributed by atoms with E-state index >= 15 is 0 Å². The lowest BCUT2D eigenvalue weighted by Crippen LogP contribution is -2.52. The Bertz CT molecular complexity index is 864. The van der Waals surface area contributed by atoms with Crippen molar-refractivity contribution in [2.75, 3.05) is 36.9 Å². The molecule has 0 saturated carbocycles. The summed E-state index contributed by atoms with van der Waals surface area (Å²) in [5.74, 6) is 0.0517. The van der Waals surface area contributed by atoms with Crippen molar-refractivity contribution in [1.82, 2.24) is 4.90 Å². The summed E-state index contributed by atoms with van der Waals surface area (Å²) < 4.78 is 37.1. The Labute approximate surface area is 164 Å². The van der Waals surface area contributed by atoms with Crippen LogP contribution in [0.15, 0.2) is 18.2 Å². The first-order chi connectivity index (χ1) is 13.2. The number of carbonyl (C=O) groups excluding carboxylic acids is 2. The second-order valence-corrected chi connectivity index (χ2v) is 8.92. The van der Waals surface area contributed by atoms with Crippen molar-refractivity contribution < 1.29 is 27.5 Å². The molecular formula is C18H25N3O6S. The molecule has 1 atom stereocenters. The maximum atomic E-state index is 13.0. The molecule has 9 nitrogen and oxygen atoms in total. The molecule has 2 N–H and O–H groups in total. The van der Waals surface area contributed by atoms with E-state index in [0.29, 0.717) is 56.3 Å². The molecule has 0 aromatic heterocycles. The maximum Gasteiger partial charge on any atom is 0.246 e. The number of hydrogen-bond donors (Lipinski definition) is 1. The molecule has 10 heteroatoms. The standard InChI is InChI=1S/C18H25N3O6S/c1-12(18(23)20-7-5-13(6-8-20)17(19)22)21(28(2,24)25)14-3-4-15-16(11-14)27-10-9-26-15/h3-4,11-13H,5-10H2,1-2H3,(H2,19,22)/t12-/m1/s1. The fraction of sp³-hybridized carbons (Fsp3) is 0.556. The molecule has 2 aliphatic heterocycles. The highest BCUT2D eigenvalue weighted by atomic mass is 32.2. The number of benzene rings is 1. The van der Waals surface area contributed by atoms with Gasteiger partial charge in [-0.05, 0) is 31.9 Å². The van der Waals surface area contributed by atoms with Crippen molar-refractivity contribution >= 4 is 27.5 Å². The number of primary amides is 1. The topological polar surface area (TPSA) is 119 Å². The molecule has 0 unspecified atom stereocenters. The molecule has 2 aliphatic rings. The summed E-state index contributed by atoms with van der Waals surface area (Å²) in [5.41, 5.74) is 5.67. The lowest BCUT2D eigenvalue weighted by Gasteiger charge is -2.36. The molecule has 0 bridgehead atoms. The summed E-state index contributed by atoms with van der Waals surface area (Å²) in [5, 5.41) is 0. The number of likely N-dealkylation sites (tertiary alicyclic amines) is 1. The van der Waals surface area contributed by atoms with Gasteiger partial charge in [0.15, 0.2) is 11.5 Å². The molecule has 2 amide bonds. The third kappa shape index (κ3) is 4.16. The molecule has 1 saturated heterocycles. The molecule has 28 heavy (non-hydrogen) atoms. The zero-order valence-corrected chi connectivity index (χ0v) is 16.8. The molecule has 0 spiro atoms. The van der Waals surface area contributed by atoms with Crippen LogP contribution in [0.3, 0.4) is 0 Å². The molecule has 2 heterocycles. The van der Waals surface area contributed by atoms with E-state index in [1.807, 2.05) is 0 Å². The zero-order valence-electron chi connectivity index (χ0n) is 16.0. The number of sulfonamides is 1. The van der Waals surface area contributed by atoms with E-state index in [1.165, 1.54) is 0 Å². The first-order valence-electron chi connectivity index (χ1n) is 9.15. The van der Waals surface area contributed by atoms with Gasteiger partial charge < -0.3 is 20.1 Å². The first kappa shape index (κ1) is 20.2. The van der Waals surface area contributed by atoms with Crippen molar-refractivity contribution in [3.05, 3.63) is 18.2 Å². The van der Waals surface area contributed by atoms with Gasteiger partial charge in [0.05, 0.1) is 11.9 Å². The number of carbonyl (C=O) groups is 2. The zero-order chi connectivity index (χ0) is 20.5. The monoisotopic (exact) mass is 411 g/mol. The van der Waals surface area contributed by atoms with Crippen LogP contribution in [0.1, 0.15) is 19.8 Å². The molecule has 154 valence electrons. The number of ether oxygens (including phenoxy) is 2. The lowest BCUT2D eigenvalue weighted by atomic mass is 9.96. The minimum atomic E-state index is -3.74. The smallest absolute Gasteiger partial charge is 0.246 e. The third-order valence-electron chi connectivity index (χ3n) is 5.06. The number of fused-ring (bicyclic) bond motifs is 1. The highest BCUT2D eigenvalue weighted by Gasteiger charge is 2.35. The number of piperidine rings is 1. The Morgan fingerprint density at radius 2 is 1.79 bits per heavy atom. The van der Waals surface area contributed by atoms with Crippen molar-refractivity contribution in [2.45, 2.75) is 25.8 Å². The number of hydrogen-bond acceptors (Lipinski definition) is 6. The predicted molar refractivity (Wildman–Crippen MR) is 103 cm³/mol. The molecular weight excluding hydrogens is 386 g/mol. The molecule has 0 aliphatic carbocycles. The number of anilines is 1. The Morgan fingerprint density at radius 1 is 1.18 bits per heavy atom. The van der Waals surface area contributed by atoms with Crippen LogP contribution in [0, 0.1) is 5.92 Å². The molecule has 0 radical (unpaired) electrons. The van der Waals surface area contributed by atoms with Crippen molar-refractivity contribution in [2.24, 2.45) is 11.7 Å². The normalized spacial score (nSPS) is 18.4. The van der Waals surface area contributed by atoms with Gasteiger partial charge in [-0.25, -0.2) is 8.42 Å². The highest BCUT2D eigenvalue weighted by Crippen LogP contribution is 2.35. The van der Waals surface area contributed by atoms with Gasteiger partial charge in [-0.1, -0.05) is 0 Å². The number of rotatable bonds is 5. The third-order valence-corrected chi connectivity index (χ3v) is 6.30. The second kappa shape index (κ2) is 7.86. The molecule has 1 fully saturated rings. The SMILES string of the molecule is C[C@H](C(=O)N1CCC(C(N)=O)CC1)N(c1ccc2c(c1)OCCO2)S(C)(=O)=O.